The van der Waals surface area contributed by atoms with E-state index in [0.29, 0.717) is 5.57 Å². The molecular weight excluding hydrogens is 154 g/mol. The second-order valence-corrected chi connectivity index (χ2v) is 2.44. The van der Waals surface area contributed by atoms with Crippen LogP contribution in [0.4, 0.5) is 0 Å². The van der Waals surface area contributed by atoms with Crippen molar-refractivity contribution >= 4 is 5.91 Å². The van der Waals surface area contributed by atoms with E-state index in [4.69, 9.17) is 5.11 Å². The van der Waals surface area contributed by atoms with Crippen LogP contribution in [-0.4, -0.2) is 24.2 Å². The molecule has 1 aliphatic rings. The Morgan fingerprint density at radius 2 is 2.33 bits per heavy atom. The number of aliphatic hydroxyl groups is 1. The highest BCUT2D eigenvalue weighted by molar-refractivity contribution is 5.96. The molecule has 0 radical (unpaired) electrons. The summed E-state index contributed by atoms with van der Waals surface area (Å²) in [5.41, 5.74) is 0.547. The zero-order valence-electron chi connectivity index (χ0n) is 6.82. The first-order valence-corrected chi connectivity index (χ1v) is 3.71. The average Bonchev–Trinajstić information content (AvgIpc) is 2.29. The Morgan fingerprint density at radius 3 is 3.00 bits per heavy atom. The lowest BCUT2D eigenvalue weighted by Crippen LogP contribution is -2.18. The molecule has 1 unspecified atom stereocenters. The van der Waals surface area contributed by atoms with Crippen LogP contribution < -0.4 is 5.32 Å². The summed E-state index contributed by atoms with van der Waals surface area (Å²) >= 11 is 0. The Balaban J connectivity index is 2.80. The Labute approximate surface area is 71.1 Å². The van der Waals surface area contributed by atoms with Crippen LogP contribution in [0.1, 0.15) is 0 Å². The van der Waals surface area contributed by atoms with E-state index >= 15 is 0 Å². The number of carbonyl (C=O) groups is 1. The van der Waals surface area contributed by atoms with Gasteiger partial charge in [0.2, 0.25) is 0 Å². The van der Waals surface area contributed by atoms with Crippen LogP contribution in [0.25, 0.3) is 0 Å². The van der Waals surface area contributed by atoms with Gasteiger partial charge in [0.25, 0.3) is 5.91 Å². The monoisotopic (exact) mass is 165 g/mol. The first-order valence-electron chi connectivity index (χ1n) is 3.71. The van der Waals surface area contributed by atoms with E-state index in [0.717, 1.165) is 0 Å². The maximum atomic E-state index is 11.1. The lowest BCUT2D eigenvalue weighted by molar-refractivity contribution is -0.116. The Morgan fingerprint density at radius 1 is 1.58 bits per heavy atom. The van der Waals surface area contributed by atoms with Crippen molar-refractivity contribution in [1.29, 1.82) is 0 Å². The highest BCUT2D eigenvalue weighted by atomic mass is 16.3. The van der Waals surface area contributed by atoms with Crippen molar-refractivity contribution in [3.05, 3.63) is 36.0 Å². The molecular formula is C9H11NO2. The Hall–Kier alpha value is -1.35. The maximum absolute atomic E-state index is 11.1. The topological polar surface area (TPSA) is 49.3 Å². The average molecular weight is 165 g/mol. The van der Waals surface area contributed by atoms with Gasteiger partial charge in [0, 0.05) is 12.6 Å². The van der Waals surface area contributed by atoms with E-state index in [-0.39, 0.29) is 5.91 Å². The first kappa shape index (κ1) is 8.74. The molecule has 0 aliphatic heterocycles. The zero-order chi connectivity index (χ0) is 8.97. The third-order valence-electron chi connectivity index (χ3n) is 1.55. The van der Waals surface area contributed by atoms with Crippen molar-refractivity contribution in [2.75, 3.05) is 7.05 Å². The standard InChI is InChI=1S/C9H11NO2/c1-10-9(12)7-3-2-4-8(11)6-5-7/h2-6,8,11H,1H3,(H,10,12). The summed E-state index contributed by atoms with van der Waals surface area (Å²) in [4.78, 5) is 11.1. The molecule has 0 fully saturated rings. The highest BCUT2D eigenvalue weighted by Gasteiger charge is 2.04. The molecule has 0 bridgehead atoms. The van der Waals surface area contributed by atoms with Crippen LogP contribution in [-0.2, 0) is 4.79 Å². The summed E-state index contributed by atoms with van der Waals surface area (Å²) in [5.74, 6) is -0.148. The van der Waals surface area contributed by atoms with Gasteiger partial charge in [-0.1, -0.05) is 24.3 Å². The van der Waals surface area contributed by atoms with E-state index in [1.165, 1.54) is 0 Å². The van der Waals surface area contributed by atoms with E-state index in [2.05, 4.69) is 5.32 Å². The molecule has 0 heterocycles. The summed E-state index contributed by atoms with van der Waals surface area (Å²) in [7, 11) is 1.57. The number of nitrogens with one attached hydrogen (secondary N) is 1. The lowest BCUT2D eigenvalue weighted by Gasteiger charge is -1.97. The Bertz CT molecular complexity index is 264. The molecule has 0 spiro atoms. The molecule has 64 valence electrons. The molecule has 1 rings (SSSR count). The fourth-order valence-corrected chi connectivity index (χ4v) is 0.891. The predicted octanol–water partition coefficient (Wildman–Crippen LogP) is 0.146. The molecule has 0 saturated heterocycles. The van der Waals surface area contributed by atoms with Gasteiger partial charge >= 0.3 is 0 Å². The molecule has 0 aromatic heterocycles. The number of amides is 1. The second-order valence-electron chi connectivity index (χ2n) is 2.44. The summed E-state index contributed by atoms with van der Waals surface area (Å²) < 4.78 is 0. The third-order valence-corrected chi connectivity index (χ3v) is 1.55. The van der Waals surface area contributed by atoms with Gasteiger partial charge in [0.05, 0.1) is 6.10 Å². The molecule has 3 heteroatoms. The van der Waals surface area contributed by atoms with Crippen LogP contribution in [0.2, 0.25) is 0 Å². The van der Waals surface area contributed by atoms with Crippen molar-refractivity contribution in [2.24, 2.45) is 0 Å². The molecule has 0 aromatic carbocycles. The van der Waals surface area contributed by atoms with E-state index in [9.17, 15) is 4.79 Å². The number of rotatable bonds is 1. The predicted molar refractivity (Wildman–Crippen MR) is 46.4 cm³/mol. The molecule has 0 aromatic rings. The van der Waals surface area contributed by atoms with Gasteiger partial charge in [-0.05, 0) is 6.08 Å². The normalized spacial score (nSPS) is 21.5. The number of likely N-dealkylation sites (N-methyl/N-ethyl adjacent to an activating group) is 1. The molecule has 3 nitrogen and oxygen atoms in total. The molecule has 1 amide bonds. The highest BCUT2D eigenvalue weighted by Crippen LogP contribution is 2.04. The van der Waals surface area contributed by atoms with E-state index in [1.807, 2.05) is 0 Å². The number of hydrogen-bond donors (Lipinski definition) is 2. The fourth-order valence-electron chi connectivity index (χ4n) is 0.891. The van der Waals surface area contributed by atoms with Gasteiger partial charge in [0.15, 0.2) is 0 Å². The molecule has 0 saturated carbocycles. The summed E-state index contributed by atoms with van der Waals surface area (Å²) in [6.45, 7) is 0. The van der Waals surface area contributed by atoms with Gasteiger partial charge < -0.3 is 10.4 Å². The fraction of sp³-hybridized carbons (Fsp3) is 0.222. The van der Waals surface area contributed by atoms with Gasteiger partial charge in [-0.15, -0.1) is 0 Å². The summed E-state index contributed by atoms with van der Waals surface area (Å²) in [6, 6.07) is 0. The van der Waals surface area contributed by atoms with Crippen LogP contribution in [0, 0.1) is 0 Å². The SMILES string of the molecule is CNC(=O)C1=CC=CC(O)C=C1. The summed E-state index contributed by atoms with van der Waals surface area (Å²) in [5, 5.41) is 11.6. The largest absolute Gasteiger partial charge is 0.385 e. The van der Waals surface area contributed by atoms with Crippen molar-refractivity contribution in [2.45, 2.75) is 6.10 Å². The quantitative estimate of drug-likeness (QED) is 0.581. The molecule has 12 heavy (non-hydrogen) atoms. The number of carbonyl (C=O) groups excluding carboxylic acids is 1. The van der Waals surface area contributed by atoms with Crippen LogP contribution in [0.3, 0.4) is 0 Å². The van der Waals surface area contributed by atoms with Crippen molar-refractivity contribution in [3.8, 4) is 0 Å². The minimum Gasteiger partial charge on any atom is -0.385 e. The smallest absolute Gasteiger partial charge is 0.251 e. The van der Waals surface area contributed by atoms with Crippen molar-refractivity contribution < 1.29 is 9.90 Å². The first-order chi connectivity index (χ1) is 5.74. The third kappa shape index (κ3) is 2.07. The second kappa shape index (κ2) is 3.88. The Kier molecular flexibility index (Phi) is 2.82. The van der Waals surface area contributed by atoms with Gasteiger partial charge in [0.1, 0.15) is 0 Å². The molecule has 1 atom stereocenters. The van der Waals surface area contributed by atoms with Crippen LogP contribution >= 0.6 is 0 Å². The van der Waals surface area contributed by atoms with E-state index in [1.54, 1.807) is 37.4 Å². The lowest BCUT2D eigenvalue weighted by atomic mass is 10.2. The van der Waals surface area contributed by atoms with Crippen molar-refractivity contribution in [3.63, 3.8) is 0 Å². The molecule has 2 N–H and O–H groups in total. The number of hydrogen-bond acceptors (Lipinski definition) is 2. The van der Waals surface area contributed by atoms with Gasteiger partial charge in [-0.25, -0.2) is 0 Å². The maximum Gasteiger partial charge on any atom is 0.251 e. The van der Waals surface area contributed by atoms with Gasteiger partial charge in [-0.3, -0.25) is 4.79 Å². The van der Waals surface area contributed by atoms with Crippen LogP contribution in [0.15, 0.2) is 36.0 Å². The summed E-state index contributed by atoms with van der Waals surface area (Å²) in [6.07, 6.45) is 7.49. The zero-order valence-corrected chi connectivity index (χ0v) is 6.82. The van der Waals surface area contributed by atoms with Crippen LogP contribution in [0.5, 0.6) is 0 Å². The minimum absolute atomic E-state index is 0.148. The van der Waals surface area contributed by atoms with Crippen molar-refractivity contribution in [1.82, 2.24) is 5.32 Å². The van der Waals surface area contributed by atoms with E-state index < -0.39 is 6.10 Å². The molecule has 1 aliphatic carbocycles. The minimum atomic E-state index is -0.594. The van der Waals surface area contributed by atoms with Gasteiger partial charge in [-0.2, -0.15) is 0 Å². The number of aliphatic hydroxyl groups excluding tert-OH is 1. The number of allylic oxidation sites excluding steroid dienone is 2.